The first-order valence-electron chi connectivity index (χ1n) is 6.15. The van der Waals surface area contributed by atoms with Crippen molar-refractivity contribution in [3.05, 3.63) is 58.4 Å². The number of ether oxygens (including phenoxy) is 1. The van der Waals surface area contributed by atoms with E-state index in [4.69, 9.17) is 22.1 Å². The van der Waals surface area contributed by atoms with E-state index in [1.54, 1.807) is 12.4 Å². The van der Waals surface area contributed by atoms with E-state index < -0.39 is 0 Å². The van der Waals surface area contributed by atoms with Gasteiger partial charge in [0, 0.05) is 29.6 Å². The number of pyridine rings is 1. The van der Waals surface area contributed by atoms with Gasteiger partial charge in [-0.05, 0) is 26.0 Å². The third kappa shape index (κ3) is 3.46. The molecule has 0 saturated carbocycles. The first-order valence-corrected chi connectivity index (χ1v) is 6.53. The number of halogens is 1. The number of hydrogen-bond acceptors (Lipinski definition) is 3. The molecule has 1 aromatic heterocycles. The summed E-state index contributed by atoms with van der Waals surface area (Å²) in [6.45, 7) is 4.39. The van der Waals surface area contributed by atoms with Crippen LogP contribution in [0, 0.1) is 6.92 Å². The fourth-order valence-electron chi connectivity index (χ4n) is 1.83. The van der Waals surface area contributed by atoms with Crippen molar-refractivity contribution in [3.63, 3.8) is 0 Å². The summed E-state index contributed by atoms with van der Waals surface area (Å²) >= 11 is 6.05. The number of hydrogen-bond donors (Lipinski definition) is 1. The van der Waals surface area contributed by atoms with E-state index in [1.807, 2.05) is 38.1 Å². The van der Waals surface area contributed by atoms with Crippen LogP contribution in [0.25, 0.3) is 0 Å². The van der Waals surface area contributed by atoms with Crippen LogP contribution in [0.4, 0.5) is 0 Å². The van der Waals surface area contributed by atoms with E-state index in [0.29, 0.717) is 11.6 Å². The standard InChI is InChI=1S/C15H17ClN2O/c1-10-3-4-15(13(7-10)11(2)17)19-9-12-5-6-18-8-14(12)16/h3-8,11H,9,17H2,1-2H3. The Labute approximate surface area is 118 Å². The molecule has 2 aromatic rings. The number of aromatic nitrogens is 1. The summed E-state index contributed by atoms with van der Waals surface area (Å²) < 4.78 is 5.83. The highest BCUT2D eigenvalue weighted by Crippen LogP contribution is 2.26. The molecule has 1 unspecified atom stereocenters. The molecule has 4 heteroatoms. The lowest BCUT2D eigenvalue weighted by atomic mass is 10.1. The normalized spacial score (nSPS) is 12.2. The molecule has 0 spiro atoms. The average Bonchev–Trinajstić information content (AvgIpc) is 2.38. The number of benzene rings is 1. The molecule has 0 saturated heterocycles. The van der Waals surface area contributed by atoms with E-state index in [2.05, 4.69) is 4.98 Å². The quantitative estimate of drug-likeness (QED) is 0.927. The van der Waals surface area contributed by atoms with Gasteiger partial charge in [0.2, 0.25) is 0 Å². The summed E-state index contributed by atoms with van der Waals surface area (Å²) in [6, 6.07) is 7.79. The summed E-state index contributed by atoms with van der Waals surface area (Å²) in [4.78, 5) is 3.95. The van der Waals surface area contributed by atoms with Gasteiger partial charge in [0.05, 0.1) is 5.02 Å². The van der Waals surface area contributed by atoms with Crippen molar-refractivity contribution < 1.29 is 4.74 Å². The molecule has 1 atom stereocenters. The molecule has 2 rings (SSSR count). The Kier molecular flexibility index (Phi) is 4.40. The van der Waals surface area contributed by atoms with Gasteiger partial charge in [0.1, 0.15) is 12.4 Å². The van der Waals surface area contributed by atoms with E-state index in [0.717, 1.165) is 16.9 Å². The molecular weight excluding hydrogens is 260 g/mol. The van der Waals surface area contributed by atoms with Crippen LogP contribution in [0.15, 0.2) is 36.7 Å². The molecule has 0 aliphatic heterocycles. The molecule has 19 heavy (non-hydrogen) atoms. The van der Waals surface area contributed by atoms with Gasteiger partial charge in [-0.2, -0.15) is 0 Å². The van der Waals surface area contributed by atoms with Crippen molar-refractivity contribution in [3.8, 4) is 5.75 Å². The SMILES string of the molecule is Cc1ccc(OCc2ccncc2Cl)c(C(C)N)c1. The van der Waals surface area contributed by atoms with Crippen LogP contribution in [0.5, 0.6) is 5.75 Å². The fraction of sp³-hybridized carbons (Fsp3) is 0.267. The second-order valence-corrected chi connectivity index (χ2v) is 4.99. The van der Waals surface area contributed by atoms with Crippen molar-refractivity contribution in [1.29, 1.82) is 0 Å². The van der Waals surface area contributed by atoms with E-state index in [-0.39, 0.29) is 6.04 Å². The molecule has 1 heterocycles. The molecule has 0 radical (unpaired) electrons. The molecule has 0 bridgehead atoms. The maximum absolute atomic E-state index is 6.05. The highest BCUT2D eigenvalue weighted by atomic mass is 35.5. The minimum Gasteiger partial charge on any atom is -0.489 e. The summed E-state index contributed by atoms with van der Waals surface area (Å²) in [7, 11) is 0. The lowest BCUT2D eigenvalue weighted by Crippen LogP contribution is -2.08. The Morgan fingerprint density at radius 1 is 1.37 bits per heavy atom. The summed E-state index contributed by atoms with van der Waals surface area (Å²) in [5.41, 5.74) is 9.05. The zero-order valence-corrected chi connectivity index (χ0v) is 11.8. The Hall–Kier alpha value is -1.58. The van der Waals surface area contributed by atoms with E-state index >= 15 is 0 Å². The first-order chi connectivity index (χ1) is 9.08. The van der Waals surface area contributed by atoms with Crippen molar-refractivity contribution in [2.45, 2.75) is 26.5 Å². The van der Waals surface area contributed by atoms with Crippen LogP contribution in [-0.2, 0) is 6.61 Å². The van der Waals surface area contributed by atoms with Gasteiger partial charge in [0.25, 0.3) is 0 Å². The van der Waals surface area contributed by atoms with Gasteiger partial charge in [-0.3, -0.25) is 4.98 Å². The smallest absolute Gasteiger partial charge is 0.124 e. The molecule has 0 amide bonds. The Bertz CT molecular complexity index is 570. The van der Waals surface area contributed by atoms with Gasteiger partial charge in [0.15, 0.2) is 0 Å². The van der Waals surface area contributed by atoms with Crippen LogP contribution in [0.2, 0.25) is 5.02 Å². The zero-order chi connectivity index (χ0) is 13.8. The second kappa shape index (κ2) is 6.04. The van der Waals surface area contributed by atoms with Crippen LogP contribution in [0.1, 0.15) is 29.7 Å². The summed E-state index contributed by atoms with van der Waals surface area (Å²) in [6.07, 6.45) is 3.31. The second-order valence-electron chi connectivity index (χ2n) is 4.59. The molecular formula is C15H17ClN2O. The van der Waals surface area contributed by atoms with Crippen molar-refractivity contribution in [2.24, 2.45) is 5.73 Å². The van der Waals surface area contributed by atoms with Crippen molar-refractivity contribution in [2.75, 3.05) is 0 Å². The molecule has 100 valence electrons. The lowest BCUT2D eigenvalue weighted by molar-refractivity contribution is 0.301. The number of nitrogens with two attached hydrogens (primary N) is 1. The maximum Gasteiger partial charge on any atom is 0.124 e. The van der Waals surface area contributed by atoms with Gasteiger partial charge in [-0.1, -0.05) is 29.3 Å². The van der Waals surface area contributed by atoms with Gasteiger partial charge < -0.3 is 10.5 Å². The minimum atomic E-state index is -0.0668. The van der Waals surface area contributed by atoms with Crippen LogP contribution < -0.4 is 10.5 Å². The van der Waals surface area contributed by atoms with Crippen LogP contribution in [0.3, 0.4) is 0 Å². The molecule has 0 aliphatic rings. The minimum absolute atomic E-state index is 0.0668. The van der Waals surface area contributed by atoms with Crippen molar-refractivity contribution >= 4 is 11.6 Å². The zero-order valence-electron chi connectivity index (χ0n) is 11.1. The topological polar surface area (TPSA) is 48.1 Å². The predicted octanol–water partition coefficient (Wildman–Crippen LogP) is 3.64. The summed E-state index contributed by atoms with van der Waals surface area (Å²) in [5, 5.41) is 0.608. The van der Waals surface area contributed by atoms with Gasteiger partial charge in [-0.25, -0.2) is 0 Å². The van der Waals surface area contributed by atoms with Gasteiger partial charge >= 0.3 is 0 Å². The Morgan fingerprint density at radius 3 is 2.84 bits per heavy atom. The first kappa shape index (κ1) is 13.8. The third-order valence-corrected chi connectivity index (χ3v) is 3.24. The highest BCUT2D eigenvalue weighted by Gasteiger charge is 2.09. The van der Waals surface area contributed by atoms with Crippen LogP contribution in [-0.4, -0.2) is 4.98 Å². The fourth-order valence-corrected chi connectivity index (χ4v) is 2.01. The number of nitrogens with zero attached hydrogens (tertiary/aromatic N) is 1. The highest BCUT2D eigenvalue weighted by molar-refractivity contribution is 6.31. The molecule has 3 nitrogen and oxygen atoms in total. The predicted molar refractivity (Wildman–Crippen MR) is 77.4 cm³/mol. The molecule has 0 fully saturated rings. The van der Waals surface area contributed by atoms with E-state index in [9.17, 15) is 0 Å². The monoisotopic (exact) mass is 276 g/mol. The molecule has 0 aliphatic carbocycles. The number of rotatable bonds is 4. The lowest BCUT2D eigenvalue weighted by Gasteiger charge is -2.15. The maximum atomic E-state index is 6.05. The third-order valence-electron chi connectivity index (χ3n) is 2.90. The average molecular weight is 277 g/mol. The molecule has 1 aromatic carbocycles. The summed E-state index contributed by atoms with van der Waals surface area (Å²) in [5.74, 6) is 0.800. The number of aryl methyl sites for hydroxylation is 1. The van der Waals surface area contributed by atoms with Gasteiger partial charge in [-0.15, -0.1) is 0 Å². The van der Waals surface area contributed by atoms with Crippen molar-refractivity contribution in [1.82, 2.24) is 4.98 Å². The van der Waals surface area contributed by atoms with Crippen LogP contribution >= 0.6 is 11.6 Å². The Balaban J connectivity index is 2.18. The largest absolute Gasteiger partial charge is 0.489 e. The Morgan fingerprint density at radius 2 is 2.16 bits per heavy atom. The van der Waals surface area contributed by atoms with E-state index in [1.165, 1.54) is 5.56 Å². The molecule has 2 N–H and O–H groups in total.